The van der Waals surface area contributed by atoms with Gasteiger partial charge >= 0.3 is 0 Å². The van der Waals surface area contributed by atoms with E-state index in [-0.39, 0.29) is 0 Å². The van der Waals surface area contributed by atoms with E-state index in [1.165, 1.54) is 11.8 Å². The van der Waals surface area contributed by atoms with Crippen LogP contribution in [0.5, 0.6) is 5.75 Å². The number of halogens is 1. The zero-order valence-electron chi connectivity index (χ0n) is 11.8. The molecule has 4 nitrogen and oxygen atoms in total. The van der Waals surface area contributed by atoms with Gasteiger partial charge in [0.05, 0.1) is 12.7 Å². The van der Waals surface area contributed by atoms with E-state index in [0.717, 1.165) is 27.1 Å². The average molecular weight is 377 g/mol. The van der Waals surface area contributed by atoms with Crippen LogP contribution >= 0.6 is 27.7 Å². The molecule has 1 aromatic heterocycles. The maximum Gasteiger partial charge on any atom is 0.277 e. The first kappa shape index (κ1) is 15.1. The molecular formula is C16H13BrN2O2S. The lowest BCUT2D eigenvalue weighted by atomic mass is 10.2. The SMILES string of the molecule is COc1cccc(CSc2nnc(-c3ccccc3Br)o2)c1. The minimum Gasteiger partial charge on any atom is -0.497 e. The van der Waals surface area contributed by atoms with Gasteiger partial charge in [-0.05, 0) is 45.8 Å². The Balaban J connectivity index is 1.71. The van der Waals surface area contributed by atoms with Gasteiger partial charge in [-0.1, -0.05) is 36.0 Å². The second kappa shape index (κ2) is 6.98. The molecule has 0 bridgehead atoms. The largest absolute Gasteiger partial charge is 0.497 e. The Morgan fingerprint density at radius 3 is 2.82 bits per heavy atom. The molecule has 0 radical (unpaired) electrons. The number of aromatic nitrogens is 2. The van der Waals surface area contributed by atoms with Crippen molar-refractivity contribution >= 4 is 27.7 Å². The zero-order chi connectivity index (χ0) is 15.4. The van der Waals surface area contributed by atoms with Gasteiger partial charge in [-0.3, -0.25) is 0 Å². The van der Waals surface area contributed by atoms with E-state index >= 15 is 0 Å². The summed E-state index contributed by atoms with van der Waals surface area (Å²) < 4.78 is 11.9. The first-order chi connectivity index (χ1) is 10.8. The monoisotopic (exact) mass is 376 g/mol. The molecule has 3 aromatic rings. The van der Waals surface area contributed by atoms with Gasteiger partial charge in [-0.15, -0.1) is 10.2 Å². The Hall–Kier alpha value is -1.79. The van der Waals surface area contributed by atoms with Gasteiger partial charge < -0.3 is 9.15 Å². The van der Waals surface area contributed by atoms with Crippen LogP contribution in [0.4, 0.5) is 0 Å². The topological polar surface area (TPSA) is 48.2 Å². The first-order valence-corrected chi connectivity index (χ1v) is 8.38. The first-order valence-electron chi connectivity index (χ1n) is 6.60. The molecule has 0 aliphatic carbocycles. The van der Waals surface area contributed by atoms with Crippen LogP contribution in [0.2, 0.25) is 0 Å². The van der Waals surface area contributed by atoms with Gasteiger partial charge in [0, 0.05) is 10.2 Å². The van der Waals surface area contributed by atoms with Gasteiger partial charge in [-0.25, -0.2) is 0 Å². The molecule has 0 unspecified atom stereocenters. The molecule has 2 aromatic carbocycles. The number of methoxy groups -OCH3 is 1. The highest BCUT2D eigenvalue weighted by Crippen LogP contribution is 2.30. The normalized spacial score (nSPS) is 10.6. The third-order valence-corrected chi connectivity index (χ3v) is 4.59. The Morgan fingerprint density at radius 2 is 2.00 bits per heavy atom. The van der Waals surface area contributed by atoms with Crippen LogP contribution in [0.3, 0.4) is 0 Å². The molecule has 0 N–H and O–H groups in total. The second-order valence-corrected chi connectivity index (χ2v) is 6.27. The summed E-state index contributed by atoms with van der Waals surface area (Å²) in [6.45, 7) is 0. The van der Waals surface area contributed by atoms with E-state index in [0.29, 0.717) is 11.1 Å². The Bertz CT molecular complexity index is 776. The summed E-state index contributed by atoms with van der Waals surface area (Å²) >= 11 is 4.99. The molecule has 0 fully saturated rings. The molecule has 22 heavy (non-hydrogen) atoms. The third-order valence-electron chi connectivity index (χ3n) is 3.01. The van der Waals surface area contributed by atoms with Gasteiger partial charge in [0.25, 0.3) is 5.22 Å². The van der Waals surface area contributed by atoms with Crippen LogP contribution < -0.4 is 4.74 Å². The van der Waals surface area contributed by atoms with Crippen molar-refractivity contribution in [1.82, 2.24) is 10.2 Å². The molecule has 0 saturated heterocycles. The summed E-state index contributed by atoms with van der Waals surface area (Å²) in [6.07, 6.45) is 0. The predicted molar refractivity (Wildman–Crippen MR) is 90.0 cm³/mol. The van der Waals surface area contributed by atoms with E-state index in [1.807, 2.05) is 48.5 Å². The van der Waals surface area contributed by atoms with Gasteiger partial charge in [0.15, 0.2) is 0 Å². The smallest absolute Gasteiger partial charge is 0.277 e. The lowest BCUT2D eigenvalue weighted by Crippen LogP contribution is -1.85. The molecule has 0 atom stereocenters. The number of rotatable bonds is 5. The predicted octanol–water partition coefficient (Wildman–Crippen LogP) is 4.80. The third kappa shape index (κ3) is 3.51. The van der Waals surface area contributed by atoms with Crippen LogP contribution in [0.15, 0.2) is 62.6 Å². The van der Waals surface area contributed by atoms with Gasteiger partial charge in [-0.2, -0.15) is 0 Å². The number of thioether (sulfide) groups is 1. The van der Waals surface area contributed by atoms with Crippen LogP contribution in [0.1, 0.15) is 5.56 Å². The van der Waals surface area contributed by atoms with Crippen LogP contribution in [-0.2, 0) is 5.75 Å². The zero-order valence-corrected chi connectivity index (χ0v) is 14.2. The van der Waals surface area contributed by atoms with Crippen LogP contribution in [0.25, 0.3) is 11.5 Å². The molecule has 0 aliphatic rings. The van der Waals surface area contributed by atoms with Crippen molar-refractivity contribution in [3.63, 3.8) is 0 Å². The molecule has 1 heterocycles. The van der Waals surface area contributed by atoms with E-state index in [4.69, 9.17) is 9.15 Å². The summed E-state index contributed by atoms with van der Waals surface area (Å²) in [5, 5.41) is 8.74. The lowest BCUT2D eigenvalue weighted by Gasteiger charge is -2.02. The molecular weight excluding hydrogens is 364 g/mol. The minimum absolute atomic E-state index is 0.514. The molecule has 0 saturated carbocycles. The number of benzene rings is 2. The number of hydrogen-bond acceptors (Lipinski definition) is 5. The summed E-state index contributed by atoms with van der Waals surface area (Å²) in [5.74, 6) is 2.10. The van der Waals surface area contributed by atoms with E-state index < -0.39 is 0 Å². The molecule has 0 spiro atoms. The molecule has 6 heteroatoms. The second-order valence-electron chi connectivity index (χ2n) is 4.49. The van der Waals surface area contributed by atoms with Crippen LogP contribution in [-0.4, -0.2) is 17.3 Å². The standard InChI is InChI=1S/C16H13BrN2O2S/c1-20-12-6-4-5-11(9-12)10-22-16-19-18-15(21-16)13-7-2-3-8-14(13)17/h2-9H,10H2,1H3. The maximum atomic E-state index is 5.71. The quantitative estimate of drug-likeness (QED) is 0.598. The van der Waals surface area contributed by atoms with Gasteiger partial charge in [0.1, 0.15) is 5.75 Å². The van der Waals surface area contributed by atoms with Crippen molar-refractivity contribution in [3.8, 4) is 17.2 Å². The molecule has 0 amide bonds. The fourth-order valence-electron chi connectivity index (χ4n) is 1.92. The lowest BCUT2D eigenvalue weighted by molar-refractivity contribution is 0.414. The fourth-order valence-corrected chi connectivity index (χ4v) is 3.08. The minimum atomic E-state index is 0.514. The van der Waals surface area contributed by atoms with E-state index in [1.54, 1.807) is 7.11 Å². The highest BCUT2D eigenvalue weighted by Gasteiger charge is 2.11. The Labute approximate surface area is 141 Å². The van der Waals surface area contributed by atoms with E-state index in [2.05, 4.69) is 26.1 Å². The Kier molecular flexibility index (Phi) is 4.80. The number of ether oxygens (including phenoxy) is 1. The maximum absolute atomic E-state index is 5.71. The summed E-state index contributed by atoms with van der Waals surface area (Å²) in [5.41, 5.74) is 2.04. The highest BCUT2D eigenvalue weighted by molar-refractivity contribution is 9.10. The number of hydrogen-bond donors (Lipinski definition) is 0. The van der Waals surface area contributed by atoms with Crippen molar-refractivity contribution in [2.75, 3.05) is 7.11 Å². The van der Waals surface area contributed by atoms with Crippen molar-refractivity contribution in [2.24, 2.45) is 0 Å². The molecule has 112 valence electrons. The van der Waals surface area contributed by atoms with Crippen molar-refractivity contribution in [2.45, 2.75) is 11.0 Å². The van der Waals surface area contributed by atoms with Crippen molar-refractivity contribution in [3.05, 3.63) is 58.6 Å². The summed E-state index contributed by atoms with van der Waals surface area (Å²) in [4.78, 5) is 0. The fraction of sp³-hybridized carbons (Fsp3) is 0.125. The van der Waals surface area contributed by atoms with E-state index in [9.17, 15) is 0 Å². The molecule has 0 aliphatic heterocycles. The Morgan fingerprint density at radius 1 is 1.14 bits per heavy atom. The van der Waals surface area contributed by atoms with Crippen molar-refractivity contribution in [1.29, 1.82) is 0 Å². The average Bonchev–Trinajstić information content (AvgIpc) is 3.02. The molecule has 3 rings (SSSR count). The van der Waals surface area contributed by atoms with Crippen molar-refractivity contribution < 1.29 is 9.15 Å². The number of nitrogens with zero attached hydrogens (tertiary/aromatic N) is 2. The van der Waals surface area contributed by atoms with Gasteiger partial charge in [0.2, 0.25) is 5.89 Å². The highest BCUT2D eigenvalue weighted by atomic mass is 79.9. The van der Waals surface area contributed by atoms with Crippen LogP contribution in [0, 0.1) is 0 Å². The summed E-state index contributed by atoms with van der Waals surface area (Å²) in [6, 6.07) is 15.7. The summed E-state index contributed by atoms with van der Waals surface area (Å²) in [7, 11) is 1.66.